The molecule has 0 fully saturated rings. The summed E-state index contributed by atoms with van der Waals surface area (Å²) in [6, 6.07) is 31.3. The maximum Gasteiger partial charge on any atom is 0.240 e. The summed E-state index contributed by atoms with van der Waals surface area (Å²) in [5.74, 6) is 2.06. The lowest BCUT2D eigenvalue weighted by Crippen LogP contribution is -2.31. The summed E-state index contributed by atoms with van der Waals surface area (Å²) in [5, 5.41) is 3.54. The minimum Gasteiger partial charge on any atom is -0.497 e. The average molecular weight is 577 g/mol. The molecule has 0 bridgehead atoms. The molecule has 0 radical (unpaired) electrons. The maximum atomic E-state index is 13.4. The molecule has 0 N–H and O–H groups in total. The normalized spacial score (nSPS) is 16.1. The Labute approximate surface area is 246 Å². The molecule has 6 nitrogen and oxygen atoms in total. The first-order chi connectivity index (χ1) is 20.1. The molecule has 0 aliphatic carbocycles. The quantitative estimate of drug-likeness (QED) is 0.169. The van der Waals surface area contributed by atoms with Gasteiger partial charge in [0.15, 0.2) is 5.78 Å². The number of benzene rings is 4. The number of fused-ring (bicyclic) bond motifs is 4. The fraction of sp³-hybridized carbons (Fsp3) is 0.0606. The second-order valence-corrected chi connectivity index (χ2v) is 11.5. The second-order valence-electron chi connectivity index (χ2n) is 9.37. The van der Waals surface area contributed by atoms with Gasteiger partial charge in [-0.05, 0) is 48.0 Å². The van der Waals surface area contributed by atoms with Crippen LogP contribution in [0.1, 0.15) is 15.9 Å². The third-order valence-electron chi connectivity index (χ3n) is 6.92. The SMILES string of the molecule is COc1ccc2c(c1)SC1=CC(c3ccccc3)=C(N3/C(=C\C(=O)c4ccccc4)Sc4cc(OC)ccc43)ON12. The number of nitrogens with zero attached hydrogens (tertiary/aromatic N) is 2. The van der Waals surface area contributed by atoms with E-state index < -0.39 is 0 Å². The van der Waals surface area contributed by atoms with Gasteiger partial charge in [-0.15, -0.1) is 0 Å². The summed E-state index contributed by atoms with van der Waals surface area (Å²) in [6.07, 6.45) is 3.83. The van der Waals surface area contributed by atoms with E-state index in [1.807, 2.05) is 94.9 Å². The fourth-order valence-electron chi connectivity index (χ4n) is 4.90. The van der Waals surface area contributed by atoms with E-state index in [4.69, 9.17) is 14.3 Å². The van der Waals surface area contributed by atoms with Gasteiger partial charge in [-0.3, -0.25) is 9.69 Å². The van der Waals surface area contributed by atoms with Crippen LogP contribution in [0.2, 0.25) is 0 Å². The molecule has 0 saturated heterocycles. The highest BCUT2D eigenvalue weighted by Crippen LogP contribution is 2.55. The van der Waals surface area contributed by atoms with Crippen LogP contribution in [-0.4, -0.2) is 20.0 Å². The van der Waals surface area contributed by atoms with E-state index in [9.17, 15) is 4.79 Å². The highest BCUT2D eigenvalue weighted by atomic mass is 32.2. The monoisotopic (exact) mass is 576 g/mol. The van der Waals surface area contributed by atoms with Crippen molar-refractivity contribution >= 4 is 46.3 Å². The van der Waals surface area contributed by atoms with Crippen molar-refractivity contribution in [2.24, 2.45) is 0 Å². The average Bonchev–Trinajstić information content (AvgIpc) is 3.57. The number of rotatable bonds is 6. The number of thioether (sulfide) groups is 2. The van der Waals surface area contributed by atoms with Crippen LogP contribution in [0.25, 0.3) is 5.57 Å². The van der Waals surface area contributed by atoms with Gasteiger partial charge in [-0.1, -0.05) is 84.2 Å². The van der Waals surface area contributed by atoms with Crippen molar-refractivity contribution < 1.29 is 19.1 Å². The molecule has 3 aliphatic heterocycles. The van der Waals surface area contributed by atoms with E-state index in [1.54, 1.807) is 32.1 Å². The molecule has 202 valence electrons. The highest BCUT2D eigenvalue weighted by Gasteiger charge is 2.39. The molecule has 0 aromatic heterocycles. The third kappa shape index (κ3) is 4.55. The van der Waals surface area contributed by atoms with Crippen molar-refractivity contribution in [2.45, 2.75) is 9.79 Å². The predicted molar refractivity (Wildman–Crippen MR) is 164 cm³/mol. The Hall–Kier alpha value is -4.53. The predicted octanol–water partition coefficient (Wildman–Crippen LogP) is 8.11. The van der Waals surface area contributed by atoms with Crippen LogP contribution in [0.15, 0.2) is 135 Å². The van der Waals surface area contributed by atoms with E-state index in [-0.39, 0.29) is 5.78 Å². The minimum atomic E-state index is -0.0825. The van der Waals surface area contributed by atoms with E-state index >= 15 is 0 Å². The Bertz CT molecular complexity index is 1770. The molecule has 7 rings (SSSR count). The summed E-state index contributed by atoms with van der Waals surface area (Å²) in [7, 11) is 3.32. The first kappa shape index (κ1) is 25.4. The van der Waals surface area contributed by atoms with Gasteiger partial charge in [0.25, 0.3) is 0 Å². The van der Waals surface area contributed by atoms with Crippen molar-refractivity contribution in [2.75, 3.05) is 24.2 Å². The number of hydroxylamine groups is 1. The summed E-state index contributed by atoms with van der Waals surface area (Å²) in [6.45, 7) is 0. The number of carbonyl (C=O) groups excluding carboxylic acids is 1. The Morgan fingerprint density at radius 1 is 0.780 bits per heavy atom. The first-order valence-electron chi connectivity index (χ1n) is 13.0. The van der Waals surface area contributed by atoms with Crippen LogP contribution in [0.4, 0.5) is 11.4 Å². The highest BCUT2D eigenvalue weighted by molar-refractivity contribution is 8.04. The van der Waals surface area contributed by atoms with Gasteiger partial charge in [-0.2, -0.15) is 5.06 Å². The zero-order chi connectivity index (χ0) is 27.9. The standard InChI is InChI=1S/C33H24N2O4S2/c1-37-23-13-15-26-29(17-23)40-31(20-28(36)22-11-7-4-8-12-22)34(26)33-25(21-9-5-3-6-10-21)19-32-35(39-33)27-16-14-24(38-2)18-30(27)41-32/h3-20H,1-2H3/b31-20+. The number of ketones is 1. The van der Waals surface area contributed by atoms with Crippen LogP contribution in [0.5, 0.6) is 11.5 Å². The van der Waals surface area contributed by atoms with E-state index in [0.717, 1.165) is 53.9 Å². The molecule has 0 saturated carbocycles. The van der Waals surface area contributed by atoms with Gasteiger partial charge in [-0.25, -0.2) is 0 Å². The van der Waals surface area contributed by atoms with Crippen molar-refractivity contribution in [3.63, 3.8) is 0 Å². The Morgan fingerprint density at radius 2 is 1.41 bits per heavy atom. The molecule has 4 aromatic carbocycles. The van der Waals surface area contributed by atoms with Crippen LogP contribution < -0.4 is 19.4 Å². The lowest BCUT2D eigenvalue weighted by Gasteiger charge is -2.33. The van der Waals surface area contributed by atoms with Crippen molar-refractivity contribution in [3.8, 4) is 11.5 Å². The molecular weight excluding hydrogens is 553 g/mol. The number of hydrogen-bond donors (Lipinski definition) is 0. The van der Waals surface area contributed by atoms with Gasteiger partial charge < -0.3 is 14.3 Å². The summed E-state index contributed by atoms with van der Waals surface area (Å²) < 4.78 is 11.0. The molecule has 0 amide bonds. The Balaban J connectivity index is 1.40. The number of anilines is 2. The topological polar surface area (TPSA) is 51.2 Å². The molecule has 0 atom stereocenters. The Kier molecular flexibility index (Phi) is 6.49. The van der Waals surface area contributed by atoms with Gasteiger partial charge in [0.1, 0.15) is 16.5 Å². The van der Waals surface area contributed by atoms with E-state index in [1.165, 1.54) is 11.8 Å². The van der Waals surface area contributed by atoms with Crippen LogP contribution >= 0.6 is 23.5 Å². The zero-order valence-electron chi connectivity index (χ0n) is 22.2. The number of methoxy groups -OCH3 is 2. The largest absolute Gasteiger partial charge is 0.497 e. The van der Waals surface area contributed by atoms with Crippen LogP contribution in [-0.2, 0) is 4.84 Å². The van der Waals surface area contributed by atoms with E-state index in [0.29, 0.717) is 11.4 Å². The summed E-state index contributed by atoms with van der Waals surface area (Å²) in [4.78, 5) is 24.3. The van der Waals surface area contributed by atoms with Gasteiger partial charge in [0.2, 0.25) is 5.88 Å². The van der Waals surface area contributed by atoms with Crippen molar-refractivity contribution in [1.29, 1.82) is 0 Å². The number of carbonyl (C=O) groups is 1. The summed E-state index contributed by atoms with van der Waals surface area (Å²) >= 11 is 3.15. The minimum absolute atomic E-state index is 0.0825. The van der Waals surface area contributed by atoms with E-state index in [2.05, 4.69) is 18.2 Å². The fourth-order valence-corrected chi connectivity index (χ4v) is 7.05. The third-order valence-corrected chi connectivity index (χ3v) is 9.02. The van der Waals surface area contributed by atoms with Crippen LogP contribution in [0, 0.1) is 0 Å². The maximum absolute atomic E-state index is 13.4. The van der Waals surface area contributed by atoms with Crippen molar-refractivity contribution in [3.05, 3.63) is 136 Å². The number of allylic oxidation sites excluding steroid dienone is 3. The van der Waals surface area contributed by atoms with Gasteiger partial charge in [0, 0.05) is 27.0 Å². The summed E-state index contributed by atoms with van der Waals surface area (Å²) in [5.41, 5.74) is 4.37. The lowest BCUT2D eigenvalue weighted by molar-refractivity contribution is 0.104. The number of ether oxygens (including phenoxy) is 2. The first-order valence-corrected chi connectivity index (χ1v) is 14.6. The zero-order valence-corrected chi connectivity index (χ0v) is 23.9. The van der Waals surface area contributed by atoms with Gasteiger partial charge in [0.05, 0.1) is 30.6 Å². The lowest BCUT2D eigenvalue weighted by atomic mass is 10.1. The smallest absolute Gasteiger partial charge is 0.240 e. The molecule has 4 aromatic rings. The molecular formula is C33H24N2O4S2. The number of hydrogen-bond acceptors (Lipinski definition) is 8. The molecule has 3 heterocycles. The van der Waals surface area contributed by atoms with Crippen molar-refractivity contribution in [1.82, 2.24) is 0 Å². The van der Waals surface area contributed by atoms with Crippen LogP contribution in [0.3, 0.4) is 0 Å². The molecule has 41 heavy (non-hydrogen) atoms. The second kappa shape index (κ2) is 10.5. The molecule has 8 heteroatoms. The van der Waals surface area contributed by atoms with Gasteiger partial charge >= 0.3 is 0 Å². The molecule has 0 unspecified atom stereocenters. The Morgan fingerprint density at radius 3 is 2.10 bits per heavy atom. The molecule has 0 spiro atoms. The molecule has 3 aliphatic rings.